The molecule has 0 bridgehead atoms. The molecule has 0 radical (unpaired) electrons. The van der Waals surface area contributed by atoms with Crippen molar-refractivity contribution in [2.24, 2.45) is 0 Å². The molecule has 0 atom stereocenters. The van der Waals surface area contributed by atoms with Gasteiger partial charge in [-0.15, -0.1) is 11.3 Å². The van der Waals surface area contributed by atoms with E-state index in [0.717, 1.165) is 36.4 Å². The smallest absolute Gasteiger partial charge is 0.271 e. The minimum absolute atomic E-state index is 0.0364. The number of benzene rings is 2. The molecule has 0 amide bonds. The van der Waals surface area contributed by atoms with Gasteiger partial charge in [0.25, 0.3) is 10.6 Å². The van der Waals surface area contributed by atoms with Crippen LogP contribution in [-0.2, 0) is 13.1 Å². The number of aryl methyl sites for hydroxylation is 1. The first-order valence-electron chi connectivity index (χ1n) is 10.1. The molecule has 31 heavy (non-hydrogen) atoms. The lowest BCUT2D eigenvalue weighted by Gasteiger charge is -2.12. The number of anilines is 1. The lowest BCUT2D eigenvalue weighted by atomic mass is 10.3. The van der Waals surface area contributed by atoms with Crippen LogP contribution in [0.15, 0.2) is 52.2 Å². The number of fused-ring (bicyclic) bond motifs is 2. The van der Waals surface area contributed by atoms with E-state index in [2.05, 4.69) is 41.8 Å². The first-order chi connectivity index (χ1) is 15.0. The molecule has 0 unspecified atom stereocenters. The standard InChI is InChI=1S/C23H21N3O2S3/c1-4-25-15-8-6-7-9-17(15)29-19(25)13-20-26(5-2)22(28)21(31-20)23-24(3)16-12-14(27)10-11-18(16)30-23/h6-13H,4-5H2,1-3H3/p+1/b23-21-. The lowest BCUT2D eigenvalue weighted by Crippen LogP contribution is -2.35. The Bertz CT molecular complexity index is 1500. The van der Waals surface area contributed by atoms with Crippen LogP contribution in [0.5, 0.6) is 5.75 Å². The van der Waals surface area contributed by atoms with Crippen molar-refractivity contribution < 1.29 is 9.67 Å². The van der Waals surface area contributed by atoms with Crippen molar-refractivity contribution >= 4 is 61.4 Å². The van der Waals surface area contributed by atoms with Crippen molar-refractivity contribution in [1.82, 2.24) is 4.57 Å². The topological polar surface area (TPSA) is 49.4 Å². The number of phenols is 1. The summed E-state index contributed by atoms with van der Waals surface area (Å²) in [6, 6.07) is 13.7. The first kappa shape index (κ1) is 20.4. The van der Waals surface area contributed by atoms with E-state index in [4.69, 9.17) is 0 Å². The highest BCUT2D eigenvalue weighted by Crippen LogP contribution is 2.46. The van der Waals surface area contributed by atoms with Crippen molar-refractivity contribution in [3.63, 3.8) is 0 Å². The molecule has 0 aliphatic carbocycles. The number of thioether (sulfide) groups is 1. The third-order valence-electron chi connectivity index (χ3n) is 5.44. The minimum Gasteiger partial charge on any atom is -0.508 e. The summed E-state index contributed by atoms with van der Waals surface area (Å²) in [6.07, 6.45) is 2.15. The van der Waals surface area contributed by atoms with Gasteiger partial charge in [-0.05, 0) is 32.0 Å². The third-order valence-corrected chi connectivity index (χ3v) is 9.04. The zero-order valence-corrected chi connectivity index (χ0v) is 19.9. The van der Waals surface area contributed by atoms with Crippen LogP contribution in [-0.4, -0.2) is 16.7 Å². The summed E-state index contributed by atoms with van der Waals surface area (Å²) in [5, 5.41) is 11.9. The van der Waals surface area contributed by atoms with Crippen LogP contribution in [0.3, 0.4) is 0 Å². The molecule has 8 heteroatoms. The molecular weight excluding hydrogens is 446 g/mol. The maximum absolute atomic E-state index is 13.3. The molecule has 0 saturated carbocycles. The van der Waals surface area contributed by atoms with Crippen LogP contribution < -0.4 is 24.2 Å². The molecule has 158 valence electrons. The largest absolute Gasteiger partial charge is 0.508 e. The molecular formula is C23H22N3O2S3+. The van der Waals surface area contributed by atoms with Gasteiger partial charge in [-0.25, -0.2) is 0 Å². The second-order valence-corrected chi connectivity index (χ2v) is 10.4. The Morgan fingerprint density at radius 2 is 1.94 bits per heavy atom. The summed E-state index contributed by atoms with van der Waals surface area (Å²) in [4.78, 5) is 16.4. The molecule has 1 aliphatic rings. The number of para-hydroxylation sites is 1. The summed E-state index contributed by atoms with van der Waals surface area (Å²) in [5.74, 6) is 0.229. The van der Waals surface area contributed by atoms with E-state index in [1.54, 1.807) is 35.2 Å². The Kier molecular flexibility index (Phi) is 5.16. The van der Waals surface area contributed by atoms with Gasteiger partial charge in [-0.1, -0.05) is 35.2 Å². The van der Waals surface area contributed by atoms with Crippen LogP contribution in [0, 0.1) is 0 Å². The Labute approximate surface area is 191 Å². The molecule has 4 aromatic rings. The quantitative estimate of drug-likeness (QED) is 0.469. The highest BCUT2D eigenvalue weighted by atomic mass is 32.2. The predicted octanol–water partition coefficient (Wildman–Crippen LogP) is 3.29. The zero-order chi connectivity index (χ0) is 21.7. The van der Waals surface area contributed by atoms with Crippen LogP contribution in [0.1, 0.15) is 18.9 Å². The number of hydrogen-bond acceptors (Lipinski definition) is 6. The van der Waals surface area contributed by atoms with Gasteiger partial charge in [0.1, 0.15) is 31.2 Å². The average molecular weight is 469 g/mol. The summed E-state index contributed by atoms with van der Waals surface area (Å²) in [5.41, 5.74) is 2.18. The van der Waals surface area contributed by atoms with Gasteiger partial charge in [-0.2, -0.15) is 4.57 Å². The highest BCUT2D eigenvalue weighted by Gasteiger charge is 2.25. The van der Waals surface area contributed by atoms with Crippen molar-refractivity contribution in [2.45, 2.75) is 31.8 Å². The maximum Gasteiger partial charge on any atom is 0.271 e. The van der Waals surface area contributed by atoms with Gasteiger partial charge in [0.15, 0.2) is 0 Å². The molecule has 3 heterocycles. The SMILES string of the molecule is CCn1c(=Cc2sc3ccccc3[n+]2CC)s/c(=C2\Sc3ccc(O)cc3N2C)c1=O. The molecule has 5 rings (SSSR count). The van der Waals surface area contributed by atoms with Gasteiger partial charge < -0.3 is 10.0 Å². The fraction of sp³-hybridized carbons (Fsp3) is 0.217. The molecule has 0 fully saturated rings. The van der Waals surface area contributed by atoms with E-state index in [0.29, 0.717) is 6.54 Å². The number of phenolic OH excluding ortho intramolecular Hbond substituents is 1. The second kappa shape index (κ2) is 7.85. The Morgan fingerprint density at radius 3 is 2.71 bits per heavy atom. The van der Waals surface area contributed by atoms with Crippen LogP contribution in [0.4, 0.5) is 5.69 Å². The fourth-order valence-corrected chi connectivity index (χ4v) is 7.57. The second-order valence-electron chi connectivity index (χ2n) is 7.23. The third kappa shape index (κ3) is 3.30. The molecule has 5 nitrogen and oxygen atoms in total. The van der Waals surface area contributed by atoms with E-state index in [-0.39, 0.29) is 11.3 Å². The van der Waals surface area contributed by atoms with E-state index >= 15 is 0 Å². The number of aromatic nitrogens is 2. The molecule has 2 aromatic heterocycles. The number of hydrogen-bond donors (Lipinski definition) is 1. The molecule has 1 N–H and O–H groups in total. The fourth-order valence-electron chi connectivity index (χ4n) is 3.89. The summed E-state index contributed by atoms with van der Waals surface area (Å²) in [7, 11) is 1.95. The van der Waals surface area contributed by atoms with E-state index < -0.39 is 0 Å². The van der Waals surface area contributed by atoms with Gasteiger partial charge in [0, 0.05) is 30.6 Å². The maximum atomic E-state index is 13.3. The first-order valence-corrected chi connectivity index (χ1v) is 12.6. The van der Waals surface area contributed by atoms with Crippen LogP contribution in [0.2, 0.25) is 0 Å². The van der Waals surface area contributed by atoms with E-state index in [1.807, 2.05) is 29.5 Å². The van der Waals surface area contributed by atoms with E-state index in [9.17, 15) is 9.90 Å². The Balaban J connectivity index is 1.73. The van der Waals surface area contributed by atoms with Gasteiger partial charge >= 0.3 is 0 Å². The average Bonchev–Trinajstić information content (AvgIpc) is 3.39. The van der Waals surface area contributed by atoms with Crippen LogP contribution >= 0.6 is 34.4 Å². The minimum atomic E-state index is 0.0364. The number of aromatic hydroxyl groups is 1. The normalized spacial score (nSPS) is 15.8. The number of rotatable bonds is 3. The van der Waals surface area contributed by atoms with Gasteiger partial charge in [0.05, 0.1) is 11.8 Å². The highest BCUT2D eigenvalue weighted by molar-refractivity contribution is 8.08. The van der Waals surface area contributed by atoms with Crippen molar-refractivity contribution in [1.29, 1.82) is 0 Å². The molecule has 2 aromatic carbocycles. The Hall–Kier alpha value is -2.55. The Morgan fingerprint density at radius 1 is 1.13 bits per heavy atom. The van der Waals surface area contributed by atoms with Gasteiger partial charge in [-0.3, -0.25) is 9.36 Å². The monoisotopic (exact) mass is 468 g/mol. The zero-order valence-electron chi connectivity index (χ0n) is 17.5. The molecule has 1 aliphatic heterocycles. The van der Waals surface area contributed by atoms with Crippen molar-refractivity contribution in [3.8, 4) is 5.75 Å². The van der Waals surface area contributed by atoms with Crippen molar-refractivity contribution in [2.75, 3.05) is 11.9 Å². The number of thiazole rings is 2. The van der Waals surface area contributed by atoms with Gasteiger partial charge in [0.2, 0.25) is 5.52 Å². The lowest BCUT2D eigenvalue weighted by molar-refractivity contribution is -0.665. The summed E-state index contributed by atoms with van der Waals surface area (Å²) in [6.45, 7) is 5.65. The van der Waals surface area contributed by atoms with E-state index in [1.165, 1.54) is 21.6 Å². The summed E-state index contributed by atoms with van der Waals surface area (Å²) >= 11 is 4.87. The molecule has 0 saturated heterocycles. The number of nitrogens with zero attached hydrogens (tertiary/aromatic N) is 3. The molecule has 0 spiro atoms. The predicted molar refractivity (Wildman–Crippen MR) is 131 cm³/mol. The van der Waals surface area contributed by atoms with Crippen LogP contribution in [0.25, 0.3) is 21.3 Å². The summed E-state index contributed by atoms with van der Waals surface area (Å²) < 4.78 is 7.09. The van der Waals surface area contributed by atoms with Crippen molar-refractivity contribution in [3.05, 3.63) is 67.0 Å².